The third kappa shape index (κ3) is 7.12. The number of amides is 2. The van der Waals surface area contributed by atoms with Gasteiger partial charge >= 0.3 is 6.09 Å². The van der Waals surface area contributed by atoms with E-state index in [4.69, 9.17) is 24.7 Å². The first-order valence-electron chi connectivity index (χ1n) is 12.8. The van der Waals surface area contributed by atoms with E-state index in [1.165, 1.54) is 18.2 Å². The standard InChI is InChI=1S/C31H26BrN3O7/c32-19-10-12-25(36)22(16-19)30(42-31(38)34-20-11-13-26-28(17-20)40-18-39-26)27(41-21-6-2-1-3-7-21)14-15-29(37)35-24-9-5-4-8-23(24)33/h1-17,27,30,36H,18,33H2,(H,34,38)(H,35,37)/b15-14+/t27-,30-/m1/s1. The minimum Gasteiger partial charge on any atom is -0.508 e. The minimum atomic E-state index is -1.21. The Kier molecular flexibility index (Phi) is 8.78. The highest BCUT2D eigenvalue weighted by atomic mass is 79.9. The lowest BCUT2D eigenvalue weighted by atomic mass is 10.0. The fourth-order valence-electron chi connectivity index (χ4n) is 4.12. The topological polar surface area (TPSA) is 141 Å². The SMILES string of the molecule is Nc1ccccc1NC(=O)/C=C/[C@@H](Oc1ccccc1)[C@H](OC(=O)Nc1ccc2c(c1)OCO2)c1cc(Br)ccc1O. The van der Waals surface area contributed by atoms with Gasteiger partial charge in [0.05, 0.1) is 11.4 Å². The van der Waals surface area contributed by atoms with Crippen LogP contribution in [-0.2, 0) is 9.53 Å². The predicted octanol–water partition coefficient (Wildman–Crippen LogP) is 6.40. The maximum Gasteiger partial charge on any atom is 0.412 e. The molecule has 0 saturated heterocycles. The normalized spacial score (nSPS) is 13.3. The number of phenolic OH excluding ortho intramolecular Hbond substituents is 1. The van der Waals surface area contributed by atoms with Crippen molar-refractivity contribution in [2.24, 2.45) is 0 Å². The number of phenols is 1. The Morgan fingerprint density at radius 2 is 1.69 bits per heavy atom. The molecule has 0 spiro atoms. The second-order valence-electron chi connectivity index (χ2n) is 9.05. The molecule has 214 valence electrons. The van der Waals surface area contributed by atoms with Crippen LogP contribution in [0.25, 0.3) is 0 Å². The second-order valence-corrected chi connectivity index (χ2v) is 9.97. The molecule has 1 aliphatic rings. The summed E-state index contributed by atoms with van der Waals surface area (Å²) in [6.45, 7) is 0.0861. The molecule has 42 heavy (non-hydrogen) atoms. The molecule has 4 aromatic carbocycles. The molecule has 4 aromatic rings. The molecule has 2 amide bonds. The lowest BCUT2D eigenvalue weighted by Crippen LogP contribution is -2.30. The van der Waals surface area contributed by atoms with E-state index in [-0.39, 0.29) is 18.1 Å². The molecular formula is C31H26BrN3O7. The Labute approximate surface area is 249 Å². The van der Waals surface area contributed by atoms with Crippen molar-refractivity contribution >= 4 is 45.0 Å². The predicted molar refractivity (Wildman–Crippen MR) is 161 cm³/mol. The van der Waals surface area contributed by atoms with Gasteiger partial charge in [-0.3, -0.25) is 10.1 Å². The van der Waals surface area contributed by atoms with Crippen LogP contribution in [0.5, 0.6) is 23.0 Å². The summed E-state index contributed by atoms with van der Waals surface area (Å²) < 4.78 is 23.4. The van der Waals surface area contributed by atoms with Gasteiger partial charge in [0.1, 0.15) is 11.5 Å². The zero-order valence-corrected chi connectivity index (χ0v) is 23.6. The van der Waals surface area contributed by atoms with Crippen molar-refractivity contribution in [1.29, 1.82) is 0 Å². The number of carbonyl (C=O) groups is 2. The number of halogens is 1. The number of para-hydroxylation sites is 3. The molecule has 0 saturated carbocycles. The van der Waals surface area contributed by atoms with Gasteiger partial charge in [0.2, 0.25) is 12.7 Å². The van der Waals surface area contributed by atoms with Gasteiger partial charge in [-0.1, -0.05) is 46.3 Å². The average molecular weight is 632 g/mol. The maximum atomic E-state index is 13.2. The van der Waals surface area contributed by atoms with E-state index in [1.54, 1.807) is 78.9 Å². The summed E-state index contributed by atoms with van der Waals surface area (Å²) >= 11 is 3.41. The van der Waals surface area contributed by atoms with Crippen LogP contribution in [0.2, 0.25) is 0 Å². The van der Waals surface area contributed by atoms with E-state index in [1.807, 2.05) is 6.07 Å². The van der Waals surface area contributed by atoms with Crippen LogP contribution in [0.4, 0.5) is 21.9 Å². The van der Waals surface area contributed by atoms with Crippen LogP contribution in [-0.4, -0.2) is 30.0 Å². The Hall–Kier alpha value is -5.16. The van der Waals surface area contributed by atoms with Gasteiger partial charge in [-0.2, -0.15) is 0 Å². The summed E-state index contributed by atoms with van der Waals surface area (Å²) in [5.74, 6) is 0.849. The summed E-state index contributed by atoms with van der Waals surface area (Å²) in [6, 6.07) is 25.3. The van der Waals surface area contributed by atoms with Crippen LogP contribution >= 0.6 is 15.9 Å². The molecule has 0 fully saturated rings. The molecule has 0 unspecified atom stereocenters. The molecule has 11 heteroatoms. The zero-order chi connectivity index (χ0) is 29.5. The van der Waals surface area contributed by atoms with Crippen molar-refractivity contribution in [3.8, 4) is 23.0 Å². The molecule has 5 N–H and O–H groups in total. The zero-order valence-electron chi connectivity index (χ0n) is 22.0. The number of rotatable bonds is 9. The van der Waals surface area contributed by atoms with Crippen LogP contribution in [0.15, 0.2) is 108 Å². The van der Waals surface area contributed by atoms with Crippen molar-refractivity contribution in [3.05, 3.63) is 113 Å². The number of nitrogens with one attached hydrogen (secondary N) is 2. The Balaban J connectivity index is 1.45. The molecule has 1 aliphatic heterocycles. The number of nitrogen functional groups attached to an aromatic ring is 1. The van der Waals surface area contributed by atoms with E-state index >= 15 is 0 Å². The summed E-state index contributed by atoms with van der Waals surface area (Å²) in [6.07, 6.45) is -0.409. The quantitative estimate of drug-likeness (QED) is 0.123. The fraction of sp³-hybridized carbons (Fsp3) is 0.0968. The first-order chi connectivity index (χ1) is 20.4. The second kappa shape index (κ2) is 13.0. The largest absolute Gasteiger partial charge is 0.508 e. The van der Waals surface area contributed by atoms with Gasteiger partial charge in [-0.05, 0) is 60.7 Å². The molecule has 0 aromatic heterocycles. The number of hydrogen-bond acceptors (Lipinski definition) is 8. The third-order valence-corrected chi connectivity index (χ3v) is 6.61. The van der Waals surface area contributed by atoms with Gasteiger partial charge in [0.15, 0.2) is 23.7 Å². The fourth-order valence-corrected chi connectivity index (χ4v) is 4.50. The third-order valence-electron chi connectivity index (χ3n) is 6.12. The van der Waals surface area contributed by atoms with Crippen LogP contribution in [0.1, 0.15) is 11.7 Å². The van der Waals surface area contributed by atoms with Gasteiger partial charge in [0, 0.05) is 27.9 Å². The molecule has 10 nitrogen and oxygen atoms in total. The van der Waals surface area contributed by atoms with E-state index in [9.17, 15) is 14.7 Å². The van der Waals surface area contributed by atoms with Gasteiger partial charge < -0.3 is 35.1 Å². The van der Waals surface area contributed by atoms with E-state index in [0.29, 0.717) is 38.8 Å². The van der Waals surface area contributed by atoms with Gasteiger partial charge in [-0.25, -0.2) is 4.79 Å². The Bertz CT molecular complexity index is 1610. The molecule has 2 atom stereocenters. The van der Waals surface area contributed by atoms with Crippen molar-refractivity contribution in [3.63, 3.8) is 0 Å². The molecule has 0 aliphatic carbocycles. The molecule has 5 rings (SSSR count). The maximum absolute atomic E-state index is 13.2. The number of carbonyl (C=O) groups excluding carboxylic acids is 2. The lowest BCUT2D eigenvalue weighted by Gasteiger charge is -2.27. The van der Waals surface area contributed by atoms with E-state index < -0.39 is 24.2 Å². The van der Waals surface area contributed by atoms with Gasteiger partial charge in [-0.15, -0.1) is 0 Å². The van der Waals surface area contributed by atoms with E-state index in [0.717, 1.165) is 0 Å². The highest BCUT2D eigenvalue weighted by Gasteiger charge is 2.30. The Morgan fingerprint density at radius 1 is 0.929 bits per heavy atom. The minimum absolute atomic E-state index is 0.0861. The van der Waals surface area contributed by atoms with Crippen molar-refractivity contribution < 1.29 is 33.6 Å². The monoisotopic (exact) mass is 631 g/mol. The van der Waals surface area contributed by atoms with Gasteiger partial charge in [0.25, 0.3) is 0 Å². The summed E-state index contributed by atoms with van der Waals surface area (Å²) in [4.78, 5) is 26.0. The summed E-state index contributed by atoms with van der Waals surface area (Å²) in [5, 5.41) is 16.2. The van der Waals surface area contributed by atoms with Crippen LogP contribution in [0, 0.1) is 0 Å². The molecule has 0 radical (unpaired) electrons. The molecular weight excluding hydrogens is 606 g/mol. The number of aromatic hydroxyl groups is 1. The lowest BCUT2D eigenvalue weighted by molar-refractivity contribution is -0.112. The number of anilines is 3. The number of hydrogen-bond donors (Lipinski definition) is 4. The summed E-state index contributed by atoms with van der Waals surface area (Å²) in [5.41, 5.74) is 7.43. The van der Waals surface area contributed by atoms with Crippen molar-refractivity contribution in [1.82, 2.24) is 0 Å². The highest BCUT2D eigenvalue weighted by molar-refractivity contribution is 9.10. The highest BCUT2D eigenvalue weighted by Crippen LogP contribution is 2.36. The first kappa shape index (κ1) is 28.4. The van der Waals surface area contributed by atoms with Crippen molar-refractivity contribution in [2.45, 2.75) is 12.2 Å². The Morgan fingerprint density at radius 3 is 2.50 bits per heavy atom. The number of ether oxygens (including phenoxy) is 4. The van der Waals surface area contributed by atoms with Crippen LogP contribution in [0.3, 0.4) is 0 Å². The molecule has 0 bridgehead atoms. The number of fused-ring (bicyclic) bond motifs is 1. The molecule has 1 heterocycles. The smallest absolute Gasteiger partial charge is 0.412 e. The van der Waals surface area contributed by atoms with Crippen molar-refractivity contribution in [2.75, 3.05) is 23.2 Å². The first-order valence-corrected chi connectivity index (χ1v) is 13.6. The van der Waals surface area contributed by atoms with Crippen LogP contribution < -0.4 is 30.6 Å². The average Bonchev–Trinajstić information content (AvgIpc) is 3.45. The van der Waals surface area contributed by atoms with E-state index in [2.05, 4.69) is 26.6 Å². The summed E-state index contributed by atoms with van der Waals surface area (Å²) in [7, 11) is 0. The number of benzene rings is 4. The number of nitrogens with two attached hydrogens (primary N) is 1.